The molecule has 0 aliphatic rings. The number of carboxylic acid groups (broad SMARTS) is 1. The molecule has 1 amide bonds. The first kappa shape index (κ1) is 14.1. The van der Waals surface area contributed by atoms with Gasteiger partial charge >= 0.3 is 5.97 Å². The van der Waals surface area contributed by atoms with E-state index in [1.807, 2.05) is 13.8 Å². The smallest absolute Gasteiger partial charge is 0.337 e. The van der Waals surface area contributed by atoms with Crippen LogP contribution in [0.3, 0.4) is 0 Å². The Morgan fingerprint density at radius 2 is 2.11 bits per heavy atom. The number of carbonyl (C=O) groups excluding carboxylic acids is 1. The van der Waals surface area contributed by atoms with Crippen LogP contribution in [0.5, 0.6) is 0 Å². The highest BCUT2D eigenvalue weighted by Gasteiger charge is 2.19. The van der Waals surface area contributed by atoms with Crippen LogP contribution in [0.15, 0.2) is 18.3 Å². The lowest BCUT2D eigenvalue weighted by Gasteiger charge is -2.24. The predicted octanol–water partition coefficient (Wildman–Crippen LogP) is 0.523. The van der Waals surface area contributed by atoms with Gasteiger partial charge in [-0.05, 0) is 26.0 Å². The zero-order chi connectivity index (χ0) is 13.8. The summed E-state index contributed by atoms with van der Waals surface area (Å²) in [4.78, 5) is 25.5. The summed E-state index contributed by atoms with van der Waals surface area (Å²) in [5.41, 5.74) is 5.58. The van der Waals surface area contributed by atoms with Gasteiger partial charge in [0.2, 0.25) is 5.91 Å². The molecule has 1 aromatic rings. The maximum absolute atomic E-state index is 10.8. The lowest BCUT2D eigenvalue weighted by molar-refractivity contribution is -0.119. The number of carboxylic acids is 1. The van der Waals surface area contributed by atoms with Gasteiger partial charge in [0.1, 0.15) is 0 Å². The summed E-state index contributed by atoms with van der Waals surface area (Å²) in [6.45, 7) is 4.17. The van der Waals surface area contributed by atoms with Crippen molar-refractivity contribution in [3.05, 3.63) is 29.6 Å². The zero-order valence-electron chi connectivity index (χ0n) is 10.4. The second-order valence-electron chi connectivity index (χ2n) is 4.72. The van der Waals surface area contributed by atoms with E-state index in [-0.39, 0.29) is 17.9 Å². The van der Waals surface area contributed by atoms with E-state index in [1.165, 1.54) is 12.3 Å². The van der Waals surface area contributed by atoms with Gasteiger partial charge in [0.15, 0.2) is 0 Å². The van der Waals surface area contributed by atoms with E-state index in [2.05, 4.69) is 10.3 Å². The summed E-state index contributed by atoms with van der Waals surface area (Å²) in [7, 11) is 0. The minimum Gasteiger partial charge on any atom is -0.478 e. The molecule has 1 aromatic heterocycles. The van der Waals surface area contributed by atoms with E-state index in [9.17, 15) is 9.59 Å². The molecule has 0 atom stereocenters. The highest BCUT2D eigenvalue weighted by molar-refractivity contribution is 5.87. The molecular weight excluding hydrogens is 234 g/mol. The van der Waals surface area contributed by atoms with Crippen molar-refractivity contribution in [2.75, 3.05) is 0 Å². The third-order valence-corrected chi connectivity index (χ3v) is 2.44. The standard InChI is InChI=1S/C12H17N3O3/c1-12(2,5-10(13)16)15-7-9-4-3-8(6-14-9)11(17)18/h3-4,6,15H,5,7H2,1-2H3,(H2,13,16)(H,17,18). The van der Waals surface area contributed by atoms with Crippen molar-refractivity contribution in [2.45, 2.75) is 32.4 Å². The number of aromatic carboxylic acids is 1. The van der Waals surface area contributed by atoms with Crippen LogP contribution in [0.25, 0.3) is 0 Å². The molecule has 1 heterocycles. The second-order valence-corrected chi connectivity index (χ2v) is 4.72. The molecule has 0 aliphatic heterocycles. The predicted molar refractivity (Wildman–Crippen MR) is 65.9 cm³/mol. The molecule has 0 unspecified atom stereocenters. The van der Waals surface area contributed by atoms with Crippen LogP contribution < -0.4 is 11.1 Å². The number of nitrogens with one attached hydrogen (secondary N) is 1. The van der Waals surface area contributed by atoms with Crippen molar-refractivity contribution in [2.24, 2.45) is 5.73 Å². The SMILES string of the molecule is CC(C)(CC(N)=O)NCc1ccc(C(=O)O)cn1. The number of rotatable bonds is 6. The van der Waals surface area contributed by atoms with Gasteiger partial charge in [0, 0.05) is 24.7 Å². The van der Waals surface area contributed by atoms with Crippen molar-refractivity contribution in [3.8, 4) is 0 Å². The Balaban J connectivity index is 2.58. The number of aromatic nitrogens is 1. The first-order valence-electron chi connectivity index (χ1n) is 5.52. The normalized spacial score (nSPS) is 11.2. The van der Waals surface area contributed by atoms with Crippen LogP contribution in [0.4, 0.5) is 0 Å². The molecule has 1 rings (SSSR count). The lowest BCUT2D eigenvalue weighted by Crippen LogP contribution is -2.42. The summed E-state index contributed by atoms with van der Waals surface area (Å²) < 4.78 is 0. The second kappa shape index (κ2) is 5.59. The first-order chi connectivity index (χ1) is 8.30. The van der Waals surface area contributed by atoms with Crippen LogP contribution in [0.1, 0.15) is 36.3 Å². The fourth-order valence-corrected chi connectivity index (χ4v) is 1.48. The fourth-order valence-electron chi connectivity index (χ4n) is 1.48. The number of hydrogen-bond acceptors (Lipinski definition) is 4. The van der Waals surface area contributed by atoms with Crippen LogP contribution in [-0.2, 0) is 11.3 Å². The summed E-state index contributed by atoms with van der Waals surface area (Å²) in [6.07, 6.45) is 1.53. The average molecular weight is 251 g/mol. The summed E-state index contributed by atoms with van der Waals surface area (Å²) >= 11 is 0. The Kier molecular flexibility index (Phi) is 4.38. The van der Waals surface area contributed by atoms with Crippen LogP contribution in [0.2, 0.25) is 0 Å². The van der Waals surface area contributed by atoms with Crippen molar-refractivity contribution >= 4 is 11.9 Å². The molecular formula is C12H17N3O3. The Morgan fingerprint density at radius 1 is 1.44 bits per heavy atom. The van der Waals surface area contributed by atoms with E-state index >= 15 is 0 Å². The van der Waals surface area contributed by atoms with Crippen LogP contribution >= 0.6 is 0 Å². The molecule has 4 N–H and O–H groups in total. The number of pyridine rings is 1. The first-order valence-corrected chi connectivity index (χ1v) is 5.52. The lowest BCUT2D eigenvalue weighted by atomic mass is 10.0. The quantitative estimate of drug-likeness (QED) is 0.683. The molecule has 18 heavy (non-hydrogen) atoms. The molecule has 0 spiro atoms. The number of amides is 1. The summed E-state index contributed by atoms with van der Waals surface area (Å²) in [6, 6.07) is 3.13. The van der Waals surface area contributed by atoms with Gasteiger partial charge in [0.05, 0.1) is 11.3 Å². The third kappa shape index (κ3) is 4.50. The van der Waals surface area contributed by atoms with Gasteiger partial charge in [-0.25, -0.2) is 4.79 Å². The number of hydrogen-bond donors (Lipinski definition) is 3. The molecule has 0 aromatic carbocycles. The highest BCUT2D eigenvalue weighted by atomic mass is 16.4. The Morgan fingerprint density at radius 3 is 2.56 bits per heavy atom. The van der Waals surface area contributed by atoms with Gasteiger partial charge in [0.25, 0.3) is 0 Å². The van der Waals surface area contributed by atoms with E-state index < -0.39 is 11.5 Å². The average Bonchev–Trinajstić information content (AvgIpc) is 2.25. The number of nitrogens with zero attached hydrogens (tertiary/aromatic N) is 1. The van der Waals surface area contributed by atoms with Gasteiger partial charge in [-0.3, -0.25) is 9.78 Å². The monoisotopic (exact) mass is 251 g/mol. The maximum atomic E-state index is 10.8. The summed E-state index contributed by atoms with van der Waals surface area (Å²) in [5.74, 6) is -1.38. The van der Waals surface area contributed by atoms with Gasteiger partial charge < -0.3 is 16.2 Å². The topological polar surface area (TPSA) is 105 Å². The molecule has 0 saturated carbocycles. The van der Waals surface area contributed by atoms with Gasteiger partial charge in [-0.1, -0.05) is 0 Å². The number of primary amides is 1. The van der Waals surface area contributed by atoms with Crippen LogP contribution in [-0.4, -0.2) is 27.5 Å². The Hall–Kier alpha value is -1.95. The van der Waals surface area contributed by atoms with Crippen molar-refractivity contribution in [1.82, 2.24) is 10.3 Å². The summed E-state index contributed by atoms with van der Waals surface area (Å²) in [5, 5.41) is 11.9. The van der Waals surface area contributed by atoms with Crippen molar-refractivity contribution < 1.29 is 14.7 Å². The van der Waals surface area contributed by atoms with Gasteiger partial charge in [-0.2, -0.15) is 0 Å². The Labute approximate surface area is 105 Å². The van der Waals surface area contributed by atoms with Gasteiger partial charge in [-0.15, -0.1) is 0 Å². The Bertz CT molecular complexity index is 440. The van der Waals surface area contributed by atoms with Crippen LogP contribution in [0, 0.1) is 0 Å². The molecule has 6 heteroatoms. The number of carbonyl (C=O) groups is 2. The highest BCUT2D eigenvalue weighted by Crippen LogP contribution is 2.09. The number of nitrogens with two attached hydrogens (primary N) is 1. The van der Waals surface area contributed by atoms with Crippen molar-refractivity contribution in [1.29, 1.82) is 0 Å². The van der Waals surface area contributed by atoms with E-state index in [0.717, 1.165) is 0 Å². The molecule has 98 valence electrons. The molecule has 0 fully saturated rings. The largest absolute Gasteiger partial charge is 0.478 e. The minimum atomic E-state index is -1.00. The molecule has 0 bridgehead atoms. The maximum Gasteiger partial charge on any atom is 0.337 e. The third-order valence-electron chi connectivity index (χ3n) is 2.44. The van der Waals surface area contributed by atoms with Crippen molar-refractivity contribution in [3.63, 3.8) is 0 Å². The minimum absolute atomic E-state index is 0.148. The molecule has 0 aliphatic carbocycles. The zero-order valence-corrected chi connectivity index (χ0v) is 10.4. The van der Waals surface area contributed by atoms with E-state index in [1.54, 1.807) is 6.07 Å². The fraction of sp³-hybridized carbons (Fsp3) is 0.417. The molecule has 0 saturated heterocycles. The molecule has 6 nitrogen and oxygen atoms in total. The van der Waals surface area contributed by atoms with E-state index in [0.29, 0.717) is 12.2 Å². The molecule has 0 radical (unpaired) electrons. The van der Waals surface area contributed by atoms with E-state index in [4.69, 9.17) is 10.8 Å².